The number of nitrogens with zero attached hydrogens (tertiary/aromatic N) is 6. The van der Waals surface area contributed by atoms with Crippen LogP contribution in [0.3, 0.4) is 0 Å². The van der Waals surface area contributed by atoms with Crippen LogP contribution in [-0.2, 0) is 0 Å². The molecule has 0 spiro atoms. The van der Waals surface area contributed by atoms with Crippen molar-refractivity contribution in [3.63, 3.8) is 0 Å². The Hall–Kier alpha value is -8.79. The monoisotopic (exact) mass is 804 g/mol. The Morgan fingerprint density at radius 1 is 0.333 bits per heavy atom. The minimum absolute atomic E-state index is 0.593. The summed E-state index contributed by atoms with van der Waals surface area (Å²) in [5, 5.41) is 2.24. The predicted molar refractivity (Wildman–Crippen MR) is 256 cm³/mol. The normalized spacial score (nSPS) is 11.2. The van der Waals surface area contributed by atoms with Gasteiger partial charge in [0.2, 0.25) is 0 Å². The van der Waals surface area contributed by atoms with Crippen molar-refractivity contribution in [2.75, 3.05) is 0 Å². The molecular formula is C57H36N6. The van der Waals surface area contributed by atoms with E-state index in [2.05, 4.69) is 119 Å². The van der Waals surface area contributed by atoms with Gasteiger partial charge in [-0.15, -0.1) is 0 Å². The van der Waals surface area contributed by atoms with Crippen molar-refractivity contribution in [2.45, 2.75) is 0 Å². The van der Waals surface area contributed by atoms with E-state index in [4.69, 9.17) is 26.5 Å². The van der Waals surface area contributed by atoms with Crippen LogP contribution in [-0.4, -0.2) is 24.5 Å². The molecule has 0 amide bonds. The number of fused-ring (bicyclic) bond motifs is 3. The minimum Gasteiger partial charge on any atom is -0.309 e. The summed E-state index contributed by atoms with van der Waals surface area (Å²) in [5.41, 5.74) is 14.8. The average molecular weight is 805 g/mol. The first-order valence-electron chi connectivity index (χ1n) is 20.8. The van der Waals surface area contributed by atoms with Crippen LogP contribution in [0.2, 0.25) is 0 Å². The summed E-state index contributed by atoms with van der Waals surface area (Å²) < 4.78 is 2.33. The van der Waals surface area contributed by atoms with Crippen molar-refractivity contribution in [3.8, 4) is 84.6 Å². The summed E-state index contributed by atoms with van der Waals surface area (Å²) in [4.78, 5) is 24.7. The van der Waals surface area contributed by atoms with E-state index >= 15 is 0 Å². The number of benzene rings is 8. The fraction of sp³-hybridized carbons (Fsp3) is 0. The number of hydrogen-bond acceptors (Lipinski definition) is 4. The van der Waals surface area contributed by atoms with Crippen LogP contribution in [0.4, 0.5) is 5.69 Å². The first kappa shape index (κ1) is 37.2. The van der Waals surface area contributed by atoms with Gasteiger partial charge >= 0.3 is 0 Å². The van der Waals surface area contributed by atoms with Gasteiger partial charge in [-0.1, -0.05) is 176 Å². The third kappa shape index (κ3) is 7.10. The van der Waals surface area contributed by atoms with Crippen LogP contribution in [0.1, 0.15) is 0 Å². The van der Waals surface area contributed by atoms with E-state index in [0.717, 1.165) is 94.8 Å². The largest absolute Gasteiger partial charge is 0.309 e. The van der Waals surface area contributed by atoms with Crippen LogP contribution >= 0.6 is 0 Å². The van der Waals surface area contributed by atoms with E-state index < -0.39 is 0 Å². The Morgan fingerprint density at radius 3 is 1.37 bits per heavy atom. The van der Waals surface area contributed by atoms with E-state index in [1.54, 1.807) is 0 Å². The maximum atomic E-state index is 7.45. The molecule has 3 aromatic heterocycles. The lowest BCUT2D eigenvalue weighted by molar-refractivity contribution is 1.13. The molecule has 0 bridgehead atoms. The lowest BCUT2D eigenvalue weighted by atomic mass is 10.0. The molecule has 294 valence electrons. The first-order valence-corrected chi connectivity index (χ1v) is 20.8. The molecule has 0 aliphatic carbocycles. The van der Waals surface area contributed by atoms with Gasteiger partial charge in [0.25, 0.3) is 0 Å². The standard InChI is InChI=1S/C57H36N6/c1-58-45-30-26-38(27-31-45)43-28-32-54-47(34-43)46-24-14-15-25-53(46)63(54)55-33-29-44(52-37-49(39-16-6-2-7-17-39)59-56(60-52)42-22-12-5-13-23-42)35-48(55)57-61-50(40-18-8-3-9-19-40)36-51(62-57)41-20-10-4-11-21-41/h2-37H. The molecule has 6 heteroatoms. The molecule has 0 radical (unpaired) electrons. The van der Waals surface area contributed by atoms with Crippen LogP contribution in [0.15, 0.2) is 218 Å². The third-order valence-electron chi connectivity index (χ3n) is 11.5. The van der Waals surface area contributed by atoms with E-state index in [1.807, 2.05) is 109 Å². The zero-order chi connectivity index (χ0) is 42.1. The van der Waals surface area contributed by atoms with Crippen molar-refractivity contribution in [2.24, 2.45) is 0 Å². The summed E-state index contributed by atoms with van der Waals surface area (Å²) in [5.74, 6) is 1.24. The topological polar surface area (TPSA) is 60.9 Å². The summed E-state index contributed by atoms with van der Waals surface area (Å²) in [6.45, 7) is 7.45. The van der Waals surface area contributed by atoms with Crippen molar-refractivity contribution in [3.05, 3.63) is 230 Å². The van der Waals surface area contributed by atoms with Gasteiger partial charge in [-0.05, 0) is 53.6 Å². The van der Waals surface area contributed by atoms with Gasteiger partial charge in [0, 0.05) is 44.2 Å². The van der Waals surface area contributed by atoms with Gasteiger partial charge in [0.1, 0.15) is 0 Å². The molecule has 6 nitrogen and oxygen atoms in total. The van der Waals surface area contributed by atoms with Gasteiger partial charge in [-0.3, -0.25) is 0 Å². The van der Waals surface area contributed by atoms with Crippen LogP contribution in [0.5, 0.6) is 0 Å². The number of hydrogen-bond donors (Lipinski definition) is 0. The molecule has 0 saturated carbocycles. The molecule has 0 saturated heterocycles. The van der Waals surface area contributed by atoms with Gasteiger partial charge in [0.15, 0.2) is 17.3 Å². The highest BCUT2D eigenvalue weighted by molar-refractivity contribution is 6.11. The van der Waals surface area contributed by atoms with Crippen molar-refractivity contribution >= 4 is 27.5 Å². The molecule has 0 aliphatic rings. The lowest BCUT2D eigenvalue weighted by Crippen LogP contribution is -2.03. The molecule has 11 aromatic rings. The zero-order valence-corrected chi connectivity index (χ0v) is 34.0. The molecule has 11 rings (SSSR count). The summed E-state index contributed by atoms with van der Waals surface area (Å²) >= 11 is 0. The second-order valence-electron chi connectivity index (χ2n) is 15.4. The Kier molecular flexibility index (Phi) is 9.45. The Labute approximate surface area is 365 Å². The molecule has 0 unspecified atom stereocenters. The highest BCUT2D eigenvalue weighted by atomic mass is 15.0. The molecule has 0 aliphatic heterocycles. The van der Waals surface area contributed by atoms with E-state index in [9.17, 15) is 0 Å². The molecule has 63 heavy (non-hydrogen) atoms. The van der Waals surface area contributed by atoms with Crippen molar-refractivity contribution < 1.29 is 0 Å². The van der Waals surface area contributed by atoms with E-state index in [-0.39, 0.29) is 0 Å². The average Bonchev–Trinajstić information content (AvgIpc) is 3.70. The van der Waals surface area contributed by atoms with E-state index in [1.165, 1.54) is 0 Å². The summed E-state index contributed by atoms with van der Waals surface area (Å²) in [6, 6.07) is 74.6. The van der Waals surface area contributed by atoms with Crippen molar-refractivity contribution in [1.29, 1.82) is 0 Å². The van der Waals surface area contributed by atoms with Gasteiger partial charge in [0.05, 0.1) is 46.1 Å². The smallest absolute Gasteiger partial charge is 0.187 e. The number of para-hydroxylation sites is 1. The second-order valence-corrected chi connectivity index (χ2v) is 15.4. The highest BCUT2D eigenvalue weighted by Crippen LogP contribution is 2.40. The summed E-state index contributed by atoms with van der Waals surface area (Å²) in [7, 11) is 0. The fourth-order valence-electron chi connectivity index (χ4n) is 8.36. The molecule has 0 N–H and O–H groups in total. The Balaban J connectivity index is 1.18. The molecule has 8 aromatic carbocycles. The lowest BCUT2D eigenvalue weighted by Gasteiger charge is -2.17. The molecule has 0 atom stereocenters. The SMILES string of the molecule is [C-]#[N+]c1ccc(-c2ccc3c(c2)c2ccccc2n3-c2ccc(-c3cc(-c4ccccc4)nc(-c4ccccc4)n3)cc2-c2nc(-c3ccccc3)cc(-c3ccccc3)n2)cc1. The fourth-order valence-corrected chi connectivity index (χ4v) is 8.36. The maximum absolute atomic E-state index is 7.45. The van der Waals surface area contributed by atoms with Gasteiger partial charge < -0.3 is 4.57 Å². The number of aromatic nitrogens is 5. The quantitative estimate of drug-likeness (QED) is 0.144. The van der Waals surface area contributed by atoms with Gasteiger partial charge in [-0.2, -0.15) is 0 Å². The summed E-state index contributed by atoms with van der Waals surface area (Å²) in [6.07, 6.45) is 0. The second kappa shape index (κ2) is 16.0. The van der Waals surface area contributed by atoms with Gasteiger partial charge in [-0.25, -0.2) is 24.8 Å². The van der Waals surface area contributed by atoms with Crippen LogP contribution < -0.4 is 0 Å². The third-order valence-corrected chi connectivity index (χ3v) is 11.5. The Bertz CT molecular complexity index is 3370. The zero-order valence-electron chi connectivity index (χ0n) is 34.0. The minimum atomic E-state index is 0.593. The maximum Gasteiger partial charge on any atom is 0.187 e. The van der Waals surface area contributed by atoms with Crippen molar-refractivity contribution in [1.82, 2.24) is 24.5 Å². The van der Waals surface area contributed by atoms with Crippen LogP contribution in [0, 0.1) is 6.57 Å². The molecule has 0 fully saturated rings. The number of rotatable bonds is 8. The van der Waals surface area contributed by atoms with Crippen LogP contribution in [0.25, 0.3) is 111 Å². The Morgan fingerprint density at radius 2 is 0.794 bits per heavy atom. The first-order chi connectivity index (χ1) is 31.2. The molecular weight excluding hydrogens is 769 g/mol. The predicted octanol–water partition coefficient (Wildman–Crippen LogP) is 14.6. The molecule has 3 heterocycles. The van der Waals surface area contributed by atoms with E-state index in [0.29, 0.717) is 17.3 Å². The highest BCUT2D eigenvalue weighted by Gasteiger charge is 2.21.